The smallest absolute Gasteiger partial charge is 0.152 e. The Morgan fingerprint density at radius 1 is 1.36 bits per heavy atom. The molecule has 0 saturated carbocycles. The second-order valence-corrected chi connectivity index (χ2v) is 3.50. The minimum absolute atomic E-state index is 0.0659. The standard InChI is InChI=1S/C10H13F2NO/c1-6(2)5-14-9-4-7(11)3-8(12)10(9)13/h3-4,6H,5,13H2,1-2H3. The van der Waals surface area contributed by atoms with E-state index in [4.69, 9.17) is 10.5 Å². The van der Waals surface area contributed by atoms with Gasteiger partial charge in [0.1, 0.15) is 17.3 Å². The number of nitrogens with two attached hydrogens (primary N) is 1. The van der Waals surface area contributed by atoms with E-state index in [1.165, 1.54) is 0 Å². The number of ether oxygens (including phenoxy) is 1. The van der Waals surface area contributed by atoms with Crippen molar-refractivity contribution in [3.63, 3.8) is 0 Å². The summed E-state index contributed by atoms with van der Waals surface area (Å²) < 4.78 is 30.8. The maximum Gasteiger partial charge on any atom is 0.152 e. The monoisotopic (exact) mass is 201 g/mol. The molecular weight excluding hydrogens is 188 g/mol. The first-order chi connectivity index (χ1) is 6.50. The lowest BCUT2D eigenvalue weighted by molar-refractivity contribution is 0.270. The second kappa shape index (κ2) is 4.26. The molecule has 1 rings (SSSR count). The van der Waals surface area contributed by atoms with E-state index in [1.807, 2.05) is 13.8 Å². The molecule has 0 fully saturated rings. The summed E-state index contributed by atoms with van der Waals surface area (Å²) in [5.74, 6) is -1.13. The lowest BCUT2D eigenvalue weighted by Crippen LogP contribution is -2.07. The summed E-state index contributed by atoms with van der Waals surface area (Å²) >= 11 is 0. The van der Waals surface area contributed by atoms with Crippen LogP contribution < -0.4 is 10.5 Å². The zero-order chi connectivity index (χ0) is 10.7. The summed E-state index contributed by atoms with van der Waals surface area (Å²) in [6.45, 7) is 4.25. The number of anilines is 1. The van der Waals surface area contributed by atoms with E-state index in [9.17, 15) is 8.78 Å². The Balaban J connectivity index is 2.85. The molecule has 14 heavy (non-hydrogen) atoms. The lowest BCUT2D eigenvalue weighted by Gasteiger charge is -2.11. The fraction of sp³-hybridized carbons (Fsp3) is 0.400. The van der Waals surface area contributed by atoms with Crippen molar-refractivity contribution < 1.29 is 13.5 Å². The van der Waals surface area contributed by atoms with Gasteiger partial charge >= 0.3 is 0 Å². The molecule has 4 heteroatoms. The van der Waals surface area contributed by atoms with Crippen molar-refractivity contribution in [2.45, 2.75) is 13.8 Å². The first-order valence-electron chi connectivity index (χ1n) is 4.38. The van der Waals surface area contributed by atoms with Crippen molar-refractivity contribution in [3.05, 3.63) is 23.8 Å². The van der Waals surface area contributed by atoms with Crippen molar-refractivity contribution in [1.29, 1.82) is 0 Å². The highest BCUT2D eigenvalue weighted by Gasteiger charge is 2.09. The molecule has 0 aromatic heterocycles. The highest BCUT2D eigenvalue weighted by molar-refractivity contribution is 5.53. The van der Waals surface area contributed by atoms with Crippen LogP contribution in [0.2, 0.25) is 0 Å². The Labute approximate surface area is 81.7 Å². The van der Waals surface area contributed by atoms with Gasteiger partial charge in [-0.3, -0.25) is 0 Å². The number of halogens is 2. The van der Waals surface area contributed by atoms with E-state index in [-0.39, 0.29) is 17.4 Å². The average Bonchev–Trinajstić information content (AvgIpc) is 2.08. The van der Waals surface area contributed by atoms with Crippen molar-refractivity contribution >= 4 is 5.69 Å². The van der Waals surface area contributed by atoms with Gasteiger partial charge in [0.05, 0.1) is 6.61 Å². The fourth-order valence-corrected chi connectivity index (χ4v) is 0.937. The summed E-state index contributed by atoms with van der Waals surface area (Å²) in [7, 11) is 0. The van der Waals surface area contributed by atoms with Gasteiger partial charge in [0.15, 0.2) is 5.82 Å². The van der Waals surface area contributed by atoms with E-state index < -0.39 is 11.6 Å². The first kappa shape index (κ1) is 10.8. The third-order valence-electron chi connectivity index (χ3n) is 1.63. The Morgan fingerprint density at radius 3 is 2.57 bits per heavy atom. The maximum atomic E-state index is 12.9. The van der Waals surface area contributed by atoms with Gasteiger partial charge in [0.2, 0.25) is 0 Å². The SMILES string of the molecule is CC(C)COc1cc(F)cc(F)c1N. The van der Waals surface area contributed by atoms with Gasteiger partial charge in [-0.15, -0.1) is 0 Å². The topological polar surface area (TPSA) is 35.2 Å². The zero-order valence-electron chi connectivity index (χ0n) is 8.18. The summed E-state index contributed by atoms with van der Waals surface area (Å²) in [6.07, 6.45) is 0. The number of hydrogen-bond acceptors (Lipinski definition) is 2. The van der Waals surface area contributed by atoms with E-state index >= 15 is 0 Å². The molecule has 0 unspecified atom stereocenters. The molecule has 0 saturated heterocycles. The minimum Gasteiger partial charge on any atom is -0.491 e. The first-order valence-corrected chi connectivity index (χ1v) is 4.38. The van der Waals surface area contributed by atoms with Gasteiger partial charge < -0.3 is 10.5 Å². The molecule has 0 aliphatic carbocycles. The lowest BCUT2D eigenvalue weighted by atomic mass is 10.2. The van der Waals surface area contributed by atoms with Crippen LogP contribution >= 0.6 is 0 Å². The normalized spacial score (nSPS) is 10.6. The van der Waals surface area contributed by atoms with Crippen LogP contribution in [0.5, 0.6) is 5.75 Å². The van der Waals surface area contributed by atoms with Crippen molar-refractivity contribution in [3.8, 4) is 5.75 Å². The number of rotatable bonds is 3. The molecule has 1 aromatic carbocycles. The van der Waals surface area contributed by atoms with E-state index in [0.717, 1.165) is 12.1 Å². The molecule has 0 aliphatic rings. The van der Waals surface area contributed by atoms with Gasteiger partial charge in [0.25, 0.3) is 0 Å². The maximum absolute atomic E-state index is 12.9. The van der Waals surface area contributed by atoms with E-state index in [0.29, 0.717) is 6.61 Å². The molecule has 1 aromatic rings. The second-order valence-electron chi connectivity index (χ2n) is 3.50. The van der Waals surface area contributed by atoms with Crippen LogP contribution in [0.1, 0.15) is 13.8 Å². The Morgan fingerprint density at radius 2 is 2.00 bits per heavy atom. The Kier molecular flexibility index (Phi) is 3.28. The molecular formula is C10H13F2NO. The average molecular weight is 201 g/mol. The van der Waals surface area contributed by atoms with Crippen molar-refractivity contribution in [1.82, 2.24) is 0 Å². The van der Waals surface area contributed by atoms with Gasteiger partial charge in [-0.1, -0.05) is 13.8 Å². The molecule has 0 amide bonds. The molecule has 0 bridgehead atoms. The highest BCUT2D eigenvalue weighted by atomic mass is 19.1. The Bertz CT molecular complexity index is 326. The number of benzene rings is 1. The molecule has 2 N–H and O–H groups in total. The summed E-state index contributed by atoms with van der Waals surface area (Å²) in [5.41, 5.74) is 5.22. The van der Waals surface area contributed by atoms with Crippen LogP contribution in [0, 0.1) is 17.6 Å². The summed E-state index contributed by atoms with van der Waals surface area (Å²) in [6, 6.07) is 1.82. The molecule has 0 aliphatic heterocycles. The van der Waals surface area contributed by atoms with Crippen LogP contribution in [0.25, 0.3) is 0 Å². The predicted octanol–water partition coefficient (Wildman–Crippen LogP) is 2.58. The van der Waals surface area contributed by atoms with Crippen LogP contribution in [0.4, 0.5) is 14.5 Å². The molecule has 2 nitrogen and oxygen atoms in total. The van der Waals surface area contributed by atoms with Crippen molar-refractivity contribution in [2.75, 3.05) is 12.3 Å². The third kappa shape index (κ3) is 2.58. The molecule has 0 heterocycles. The van der Waals surface area contributed by atoms with Crippen LogP contribution in [-0.4, -0.2) is 6.61 Å². The fourth-order valence-electron chi connectivity index (χ4n) is 0.937. The van der Waals surface area contributed by atoms with Gasteiger partial charge in [-0.25, -0.2) is 8.78 Å². The zero-order valence-corrected chi connectivity index (χ0v) is 8.18. The van der Waals surface area contributed by atoms with E-state index in [2.05, 4.69) is 0 Å². The van der Waals surface area contributed by atoms with Crippen LogP contribution in [0.15, 0.2) is 12.1 Å². The minimum atomic E-state index is -0.788. The third-order valence-corrected chi connectivity index (χ3v) is 1.63. The summed E-state index contributed by atoms with van der Waals surface area (Å²) in [5, 5.41) is 0. The highest BCUT2D eigenvalue weighted by Crippen LogP contribution is 2.26. The number of hydrogen-bond donors (Lipinski definition) is 1. The van der Waals surface area contributed by atoms with E-state index in [1.54, 1.807) is 0 Å². The molecule has 0 spiro atoms. The predicted molar refractivity (Wildman–Crippen MR) is 51.1 cm³/mol. The molecule has 0 atom stereocenters. The van der Waals surface area contributed by atoms with Crippen LogP contribution in [0.3, 0.4) is 0 Å². The molecule has 78 valence electrons. The van der Waals surface area contributed by atoms with Gasteiger partial charge in [-0.05, 0) is 5.92 Å². The van der Waals surface area contributed by atoms with Gasteiger partial charge in [-0.2, -0.15) is 0 Å². The quantitative estimate of drug-likeness (QED) is 0.763. The summed E-state index contributed by atoms with van der Waals surface area (Å²) in [4.78, 5) is 0. The largest absolute Gasteiger partial charge is 0.491 e. The van der Waals surface area contributed by atoms with Gasteiger partial charge in [0, 0.05) is 12.1 Å². The Hall–Kier alpha value is -1.32. The number of nitrogen functional groups attached to an aromatic ring is 1. The van der Waals surface area contributed by atoms with Crippen LogP contribution in [-0.2, 0) is 0 Å². The van der Waals surface area contributed by atoms with Crippen molar-refractivity contribution in [2.24, 2.45) is 5.92 Å². The molecule has 0 radical (unpaired) electrons.